The van der Waals surface area contributed by atoms with Gasteiger partial charge in [0.2, 0.25) is 5.91 Å². The first kappa shape index (κ1) is 14.9. The molecule has 5 heteroatoms. The molecule has 0 aliphatic carbocycles. The Hall–Kier alpha value is -1.49. The van der Waals surface area contributed by atoms with Crippen LogP contribution in [0.4, 0.5) is 8.78 Å². The van der Waals surface area contributed by atoms with Crippen molar-refractivity contribution in [2.45, 2.75) is 32.2 Å². The van der Waals surface area contributed by atoms with Crippen molar-refractivity contribution in [3.63, 3.8) is 0 Å². The van der Waals surface area contributed by atoms with Crippen LogP contribution in [-0.2, 0) is 11.2 Å². The first-order valence-electron chi connectivity index (χ1n) is 7.06. The van der Waals surface area contributed by atoms with Gasteiger partial charge in [-0.2, -0.15) is 0 Å². The summed E-state index contributed by atoms with van der Waals surface area (Å²) >= 11 is 0. The van der Waals surface area contributed by atoms with Crippen molar-refractivity contribution in [1.29, 1.82) is 0 Å². The van der Waals surface area contributed by atoms with Gasteiger partial charge in [-0.25, -0.2) is 8.78 Å². The number of amides is 1. The first-order chi connectivity index (χ1) is 9.63. The molecular weight excluding hydrogens is 262 g/mol. The first-order valence-corrected chi connectivity index (χ1v) is 7.06. The van der Waals surface area contributed by atoms with E-state index in [1.807, 2.05) is 6.92 Å². The summed E-state index contributed by atoms with van der Waals surface area (Å²) in [6.07, 6.45) is 1.73. The van der Waals surface area contributed by atoms with Crippen LogP contribution in [0.2, 0.25) is 0 Å². The molecule has 0 radical (unpaired) electrons. The lowest BCUT2D eigenvalue weighted by molar-refractivity contribution is -0.133. The molecule has 1 aliphatic heterocycles. The van der Waals surface area contributed by atoms with Gasteiger partial charge in [0.15, 0.2) is 0 Å². The van der Waals surface area contributed by atoms with Gasteiger partial charge in [0.1, 0.15) is 11.6 Å². The molecular formula is C15H20F2N2O. The molecule has 110 valence electrons. The summed E-state index contributed by atoms with van der Waals surface area (Å²) in [6, 6.07) is 3.80. The summed E-state index contributed by atoms with van der Waals surface area (Å²) < 4.78 is 27.2. The summed E-state index contributed by atoms with van der Waals surface area (Å²) in [5, 5.41) is 3.25. The van der Waals surface area contributed by atoms with E-state index < -0.39 is 11.6 Å². The lowest BCUT2D eigenvalue weighted by Gasteiger charge is -2.34. The fraction of sp³-hybridized carbons (Fsp3) is 0.533. The summed E-state index contributed by atoms with van der Waals surface area (Å²) in [4.78, 5) is 14.0. The third-order valence-electron chi connectivity index (χ3n) is 3.76. The van der Waals surface area contributed by atoms with Gasteiger partial charge in [-0.15, -0.1) is 0 Å². The maximum Gasteiger partial charge on any atom is 0.227 e. The lowest BCUT2D eigenvalue weighted by atomic mass is 10.0. The predicted molar refractivity (Wildman–Crippen MR) is 73.3 cm³/mol. The van der Waals surface area contributed by atoms with Crippen molar-refractivity contribution in [1.82, 2.24) is 10.2 Å². The van der Waals surface area contributed by atoms with Crippen molar-refractivity contribution in [3.05, 3.63) is 35.4 Å². The minimum atomic E-state index is -0.656. The highest BCUT2D eigenvalue weighted by molar-refractivity contribution is 5.79. The molecule has 3 nitrogen and oxygen atoms in total. The molecule has 1 aliphatic rings. The zero-order valence-electron chi connectivity index (χ0n) is 11.7. The van der Waals surface area contributed by atoms with E-state index in [4.69, 9.17) is 0 Å². The third-order valence-corrected chi connectivity index (χ3v) is 3.76. The third kappa shape index (κ3) is 3.33. The molecule has 1 amide bonds. The second kappa shape index (κ2) is 6.79. The number of halogens is 2. The van der Waals surface area contributed by atoms with E-state index in [1.165, 1.54) is 18.2 Å². The van der Waals surface area contributed by atoms with E-state index in [2.05, 4.69) is 5.32 Å². The number of carbonyl (C=O) groups excluding carboxylic acids is 1. The van der Waals surface area contributed by atoms with Gasteiger partial charge >= 0.3 is 0 Å². The smallest absolute Gasteiger partial charge is 0.227 e. The predicted octanol–water partition coefficient (Wildman–Crippen LogP) is 2.11. The van der Waals surface area contributed by atoms with Gasteiger partial charge in [-0.1, -0.05) is 6.07 Å². The fourth-order valence-electron chi connectivity index (χ4n) is 2.69. The van der Waals surface area contributed by atoms with Crippen LogP contribution in [-0.4, -0.2) is 36.5 Å². The molecule has 2 rings (SSSR count). The number of hydrogen-bond donors (Lipinski definition) is 1. The zero-order chi connectivity index (χ0) is 14.5. The quantitative estimate of drug-likeness (QED) is 0.917. The number of hydrogen-bond acceptors (Lipinski definition) is 2. The standard InChI is InChI=1S/C15H20F2N2O/c1-2-19(11-5-4-8-18-10-11)15(20)9-12-13(16)6-3-7-14(12)17/h3,6-7,11,18H,2,4-5,8-10H2,1H3. The van der Waals surface area contributed by atoms with Crippen LogP contribution < -0.4 is 5.32 Å². The highest BCUT2D eigenvalue weighted by Gasteiger charge is 2.25. The maximum atomic E-state index is 13.6. The minimum absolute atomic E-state index is 0.121. The minimum Gasteiger partial charge on any atom is -0.338 e. The Morgan fingerprint density at radius 2 is 2.10 bits per heavy atom. The molecule has 1 heterocycles. The molecule has 1 aromatic rings. The largest absolute Gasteiger partial charge is 0.338 e. The Morgan fingerprint density at radius 1 is 1.40 bits per heavy atom. The molecule has 1 atom stereocenters. The van der Waals surface area contributed by atoms with Crippen molar-refractivity contribution in [3.8, 4) is 0 Å². The molecule has 0 saturated carbocycles. The van der Waals surface area contributed by atoms with Gasteiger partial charge in [0.25, 0.3) is 0 Å². The molecule has 20 heavy (non-hydrogen) atoms. The Bertz CT molecular complexity index is 453. The van der Waals surface area contributed by atoms with E-state index in [0.29, 0.717) is 6.54 Å². The average molecular weight is 282 g/mol. The van der Waals surface area contributed by atoms with Crippen molar-refractivity contribution >= 4 is 5.91 Å². The van der Waals surface area contributed by atoms with E-state index in [9.17, 15) is 13.6 Å². The Labute approximate surface area is 118 Å². The maximum absolute atomic E-state index is 13.6. The topological polar surface area (TPSA) is 32.3 Å². The van der Waals surface area contributed by atoms with E-state index in [-0.39, 0.29) is 23.9 Å². The number of carbonyl (C=O) groups is 1. The Morgan fingerprint density at radius 3 is 2.65 bits per heavy atom. The highest BCUT2D eigenvalue weighted by atomic mass is 19.1. The van der Waals surface area contributed by atoms with Crippen molar-refractivity contribution in [2.75, 3.05) is 19.6 Å². The summed E-state index contributed by atoms with van der Waals surface area (Å²) in [5.41, 5.74) is -0.139. The summed E-state index contributed by atoms with van der Waals surface area (Å²) in [7, 11) is 0. The Balaban J connectivity index is 2.09. The molecule has 1 N–H and O–H groups in total. The molecule has 1 fully saturated rings. The van der Waals surface area contributed by atoms with Crippen LogP contribution in [0, 0.1) is 11.6 Å². The van der Waals surface area contributed by atoms with E-state index in [0.717, 1.165) is 25.9 Å². The normalized spacial score (nSPS) is 18.9. The van der Waals surface area contributed by atoms with Crippen LogP contribution in [0.25, 0.3) is 0 Å². The molecule has 1 saturated heterocycles. The second-order valence-corrected chi connectivity index (χ2v) is 5.06. The highest BCUT2D eigenvalue weighted by Crippen LogP contribution is 2.16. The van der Waals surface area contributed by atoms with E-state index in [1.54, 1.807) is 4.90 Å². The fourth-order valence-corrected chi connectivity index (χ4v) is 2.69. The second-order valence-electron chi connectivity index (χ2n) is 5.06. The number of nitrogens with zero attached hydrogens (tertiary/aromatic N) is 1. The van der Waals surface area contributed by atoms with Crippen molar-refractivity contribution in [2.24, 2.45) is 0 Å². The summed E-state index contributed by atoms with van der Waals surface area (Å²) in [6.45, 7) is 4.16. The zero-order valence-corrected chi connectivity index (χ0v) is 11.7. The molecule has 0 spiro atoms. The van der Waals surface area contributed by atoms with Crippen LogP contribution in [0.15, 0.2) is 18.2 Å². The number of nitrogens with one attached hydrogen (secondary N) is 1. The molecule has 1 unspecified atom stereocenters. The number of likely N-dealkylation sites (N-methyl/N-ethyl adjacent to an activating group) is 1. The van der Waals surface area contributed by atoms with Crippen LogP contribution >= 0.6 is 0 Å². The molecule has 0 aromatic heterocycles. The van der Waals surface area contributed by atoms with Gasteiger partial charge in [0, 0.05) is 24.7 Å². The van der Waals surface area contributed by atoms with Gasteiger partial charge in [0.05, 0.1) is 6.42 Å². The lowest BCUT2D eigenvalue weighted by Crippen LogP contribution is -2.49. The van der Waals surface area contributed by atoms with Gasteiger partial charge < -0.3 is 10.2 Å². The van der Waals surface area contributed by atoms with Crippen molar-refractivity contribution < 1.29 is 13.6 Å². The van der Waals surface area contributed by atoms with Crippen LogP contribution in [0.5, 0.6) is 0 Å². The summed E-state index contributed by atoms with van der Waals surface area (Å²) in [5.74, 6) is -1.53. The molecule has 0 bridgehead atoms. The number of rotatable bonds is 4. The Kier molecular flexibility index (Phi) is 5.06. The van der Waals surface area contributed by atoms with Gasteiger partial charge in [-0.05, 0) is 38.4 Å². The number of benzene rings is 1. The monoisotopic (exact) mass is 282 g/mol. The van der Waals surface area contributed by atoms with Crippen LogP contribution in [0.1, 0.15) is 25.3 Å². The number of piperidine rings is 1. The van der Waals surface area contributed by atoms with Crippen LogP contribution in [0.3, 0.4) is 0 Å². The molecule has 1 aromatic carbocycles. The SMILES string of the molecule is CCN(C(=O)Cc1c(F)cccc1F)C1CCCNC1. The van der Waals surface area contributed by atoms with Gasteiger partial charge in [-0.3, -0.25) is 4.79 Å². The average Bonchev–Trinajstić information content (AvgIpc) is 2.45. The van der Waals surface area contributed by atoms with E-state index >= 15 is 0 Å².